The first-order valence-corrected chi connectivity index (χ1v) is 11.6. The van der Waals surface area contributed by atoms with Gasteiger partial charge in [-0.15, -0.1) is 0 Å². The topological polar surface area (TPSA) is 98.9 Å². The number of allylic oxidation sites excluding steroid dienone is 1. The molecule has 0 saturated carbocycles. The van der Waals surface area contributed by atoms with Gasteiger partial charge in [0, 0.05) is 30.6 Å². The van der Waals surface area contributed by atoms with Crippen molar-refractivity contribution in [1.82, 2.24) is 0 Å². The summed E-state index contributed by atoms with van der Waals surface area (Å²) in [6.07, 6.45) is 1.45. The van der Waals surface area contributed by atoms with Crippen LogP contribution in [0.1, 0.15) is 59.4 Å². The molecule has 2 heterocycles. The highest BCUT2D eigenvalue weighted by molar-refractivity contribution is 6.23. The van der Waals surface area contributed by atoms with E-state index in [1.54, 1.807) is 17.9 Å². The predicted octanol–water partition coefficient (Wildman–Crippen LogP) is 3.72. The van der Waals surface area contributed by atoms with Crippen LogP contribution in [-0.2, 0) is 29.3 Å². The average molecular weight is 453 g/mol. The molecule has 3 aliphatic rings. The first kappa shape index (κ1) is 23.1. The Morgan fingerprint density at radius 3 is 2.58 bits per heavy atom. The van der Waals surface area contributed by atoms with Crippen LogP contribution in [0.5, 0.6) is 0 Å². The van der Waals surface area contributed by atoms with Crippen LogP contribution in [0.4, 0.5) is 5.69 Å². The van der Waals surface area contributed by atoms with Crippen molar-refractivity contribution in [1.29, 1.82) is 0 Å². The minimum Gasteiger partial charge on any atom is -0.462 e. The second kappa shape index (κ2) is 8.04. The summed E-state index contributed by atoms with van der Waals surface area (Å²) < 4.78 is 11.2. The normalized spacial score (nSPS) is 23.8. The maximum Gasteiger partial charge on any atom is 0.341 e. The third-order valence-corrected chi connectivity index (χ3v) is 6.64. The maximum absolute atomic E-state index is 14.4. The number of nitrogens with zero attached hydrogens (tertiary/aromatic N) is 1. The summed E-state index contributed by atoms with van der Waals surface area (Å²) >= 11 is 0. The van der Waals surface area contributed by atoms with Crippen LogP contribution in [0.15, 0.2) is 47.1 Å². The van der Waals surface area contributed by atoms with Crippen molar-refractivity contribution in [2.24, 2.45) is 17.1 Å². The Balaban J connectivity index is 2.03. The molecular formula is C26H32N2O5. The molecule has 7 nitrogen and oxygen atoms in total. The number of nitrogens with two attached hydrogens (primary N) is 1. The second-order valence-corrected chi connectivity index (χ2v) is 10.2. The van der Waals surface area contributed by atoms with E-state index < -0.39 is 11.4 Å². The molecule has 2 aliphatic heterocycles. The number of carbonyl (C=O) groups excluding carboxylic acids is 3. The van der Waals surface area contributed by atoms with E-state index in [1.165, 1.54) is 0 Å². The minimum atomic E-state index is -1.66. The van der Waals surface area contributed by atoms with Gasteiger partial charge >= 0.3 is 5.97 Å². The molecular weight excluding hydrogens is 420 g/mol. The van der Waals surface area contributed by atoms with Gasteiger partial charge in [0.05, 0.1) is 12.2 Å². The minimum absolute atomic E-state index is 0.0966. The third-order valence-electron chi connectivity index (χ3n) is 6.64. The Kier molecular flexibility index (Phi) is 5.63. The number of ketones is 1. The molecule has 1 aromatic carbocycles. The smallest absolute Gasteiger partial charge is 0.341 e. The molecule has 2 N–H and O–H groups in total. The van der Waals surface area contributed by atoms with Gasteiger partial charge in [-0.25, -0.2) is 4.79 Å². The van der Waals surface area contributed by atoms with Gasteiger partial charge in [0.15, 0.2) is 5.78 Å². The number of amides is 1. The summed E-state index contributed by atoms with van der Waals surface area (Å²) in [5.41, 5.74) is 5.71. The van der Waals surface area contributed by atoms with Crippen LogP contribution < -0.4 is 10.6 Å². The van der Waals surface area contributed by atoms with Gasteiger partial charge in [-0.1, -0.05) is 45.9 Å². The van der Waals surface area contributed by atoms with Crippen LogP contribution in [0.25, 0.3) is 0 Å². The number of benzene rings is 1. The molecule has 7 heteroatoms. The van der Waals surface area contributed by atoms with Crippen LogP contribution in [0, 0.1) is 11.3 Å². The van der Waals surface area contributed by atoms with Gasteiger partial charge in [0.2, 0.25) is 11.8 Å². The average Bonchev–Trinajstić information content (AvgIpc) is 2.94. The van der Waals surface area contributed by atoms with Crippen LogP contribution in [-0.4, -0.2) is 30.8 Å². The number of Topliss-reactive ketones (excluding diaryl/α,β-unsaturated/α-hetero) is 1. The van der Waals surface area contributed by atoms with E-state index in [-0.39, 0.29) is 47.2 Å². The highest BCUT2D eigenvalue weighted by Gasteiger charge is 2.64. The van der Waals surface area contributed by atoms with E-state index in [2.05, 4.69) is 13.8 Å². The molecule has 33 heavy (non-hydrogen) atoms. The molecule has 0 aromatic heterocycles. The standard InChI is InChI=1S/C26H32N2O5/c1-6-32-23(30)21-22(27)33-19-14-25(4,5)13-18(29)20(19)26(21)16-9-7-8-10-17(16)28(24(26)31)12-11-15(2)3/h7-10,15H,6,11-14,27H2,1-5H3. The molecule has 1 unspecified atom stereocenters. The Morgan fingerprint density at radius 2 is 1.91 bits per heavy atom. The van der Waals surface area contributed by atoms with Crippen molar-refractivity contribution < 1.29 is 23.9 Å². The Labute approximate surface area is 194 Å². The molecule has 0 radical (unpaired) electrons. The van der Waals surface area contributed by atoms with Crippen molar-refractivity contribution in [2.75, 3.05) is 18.1 Å². The van der Waals surface area contributed by atoms with Gasteiger partial charge in [-0.2, -0.15) is 0 Å². The highest BCUT2D eigenvalue weighted by Crippen LogP contribution is 2.57. The number of ether oxygens (including phenoxy) is 2. The lowest BCUT2D eigenvalue weighted by Gasteiger charge is -2.42. The molecule has 1 aliphatic carbocycles. The summed E-state index contributed by atoms with van der Waals surface area (Å²) in [4.78, 5) is 43.0. The SMILES string of the molecule is CCOC(=O)C1=C(N)OC2=C(C(=O)CC(C)(C)C2)C12C(=O)N(CCC(C)C)c1ccccc12. The summed E-state index contributed by atoms with van der Waals surface area (Å²) in [5.74, 6) is -0.730. The molecule has 1 atom stereocenters. The number of esters is 1. The molecule has 0 saturated heterocycles. The number of anilines is 1. The van der Waals surface area contributed by atoms with Crippen LogP contribution >= 0.6 is 0 Å². The van der Waals surface area contributed by atoms with Crippen molar-refractivity contribution in [2.45, 2.75) is 59.3 Å². The molecule has 1 aromatic rings. The number of hydrogen-bond donors (Lipinski definition) is 1. The Morgan fingerprint density at radius 1 is 1.21 bits per heavy atom. The largest absolute Gasteiger partial charge is 0.462 e. The molecule has 0 fully saturated rings. The van der Waals surface area contributed by atoms with E-state index in [0.29, 0.717) is 35.9 Å². The van der Waals surface area contributed by atoms with Crippen molar-refractivity contribution in [3.8, 4) is 0 Å². The number of carbonyl (C=O) groups is 3. The fraction of sp³-hybridized carbons (Fsp3) is 0.500. The first-order valence-electron chi connectivity index (χ1n) is 11.6. The van der Waals surface area contributed by atoms with E-state index in [4.69, 9.17) is 15.2 Å². The molecule has 1 spiro atoms. The van der Waals surface area contributed by atoms with Gasteiger partial charge in [-0.3, -0.25) is 9.59 Å². The lowest BCUT2D eigenvalue weighted by molar-refractivity contribution is -0.141. The number of para-hydroxylation sites is 1. The molecule has 4 rings (SSSR count). The summed E-state index contributed by atoms with van der Waals surface area (Å²) in [6.45, 7) is 10.4. The third kappa shape index (κ3) is 3.45. The summed E-state index contributed by atoms with van der Waals surface area (Å²) in [6, 6.07) is 7.32. The van der Waals surface area contributed by atoms with Gasteiger partial charge < -0.3 is 20.1 Å². The summed E-state index contributed by atoms with van der Waals surface area (Å²) in [5, 5.41) is 0. The zero-order chi connectivity index (χ0) is 24.1. The molecule has 176 valence electrons. The zero-order valence-electron chi connectivity index (χ0n) is 20.0. The molecule has 0 bridgehead atoms. The fourth-order valence-corrected chi connectivity index (χ4v) is 5.27. The van der Waals surface area contributed by atoms with Crippen LogP contribution in [0.2, 0.25) is 0 Å². The number of fused-ring (bicyclic) bond motifs is 3. The predicted molar refractivity (Wildman–Crippen MR) is 124 cm³/mol. The second-order valence-electron chi connectivity index (χ2n) is 10.2. The van der Waals surface area contributed by atoms with Gasteiger partial charge in [0.25, 0.3) is 0 Å². The lowest BCUT2D eigenvalue weighted by atomic mass is 9.62. The molecule has 1 amide bonds. The van der Waals surface area contributed by atoms with Gasteiger partial charge in [0.1, 0.15) is 16.7 Å². The number of rotatable bonds is 5. The van der Waals surface area contributed by atoms with Crippen molar-refractivity contribution in [3.63, 3.8) is 0 Å². The monoisotopic (exact) mass is 452 g/mol. The fourth-order valence-electron chi connectivity index (χ4n) is 5.27. The highest BCUT2D eigenvalue weighted by atomic mass is 16.5. The zero-order valence-corrected chi connectivity index (χ0v) is 20.0. The quantitative estimate of drug-likeness (QED) is 0.684. The lowest BCUT2D eigenvalue weighted by Crippen LogP contribution is -2.52. The Bertz CT molecular complexity index is 1100. The number of hydrogen-bond acceptors (Lipinski definition) is 6. The maximum atomic E-state index is 14.4. The summed E-state index contributed by atoms with van der Waals surface area (Å²) in [7, 11) is 0. The first-order chi connectivity index (χ1) is 15.5. The van der Waals surface area contributed by atoms with E-state index in [0.717, 1.165) is 6.42 Å². The van der Waals surface area contributed by atoms with E-state index in [1.807, 2.05) is 32.0 Å². The van der Waals surface area contributed by atoms with E-state index >= 15 is 0 Å². The van der Waals surface area contributed by atoms with Crippen LogP contribution in [0.3, 0.4) is 0 Å². The van der Waals surface area contributed by atoms with Crippen molar-refractivity contribution >= 4 is 23.3 Å². The van der Waals surface area contributed by atoms with Crippen molar-refractivity contribution in [3.05, 3.63) is 52.6 Å². The van der Waals surface area contributed by atoms with Gasteiger partial charge in [-0.05, 0) is 30.7 Å². The van der Waals surface area contributed by atoms with E-state index in [9.17, 15) is 14.4 Å². The Hall–Kier alpha value is -3.09.